The fourth-order valence-corrected chi connectivity index (χ4v) is 0.995. The van der Waals surface area contributed by atoms with Gasteiger partial charge in [-0.15, -0.1) is 6.42 Å². The van der Waals surface area contributed by atoms with Crippen LogP contribution in [0.25, 0.3) is 0 Å². The first-order valence-electron chi connectivity index (χ1n) is 4.98. The molecule has 3 nitrogen and oxygen atoms in total. The van der Waals surface area contributed by atoms with Crippen molar-refractivity contribution in [2.45, 2.75) is 11.4 Å². The molecule has 0 aliphatic rings. The monoisotopic (exact) mass is 406 g/mol. The zero-order valence-corrected chi connectivity index (χ0v) is 15.1. The predicted molar refractivity (Wildman–Crippen MR) is 60.9 cm³/mol. The summed E-state index contributed by atoms with van der Waals surface area (Å²) in [7, 11) is 0. The Morgan fingerprint density at radius 1 is 1.50 bits per heavy atom. The SMILES string of the molecule is C#Cc1ccccc1NC(=O)OCC.[CH3][Hg]. The second-order valence-electron chi connectivity index (χ2n) is 2.54. The third kappa shape index (κ3) is 5.17. The molecule has 1 amide bonds. The van der Waals surface area contributed by atoms with Gasteiger partial charge in [0.05, 0.1) is 12.3 Å². The van der Waals surface area contributed by atoms with Crippen molar-refractivity contribution in [2.24, 2.45) is 0 Å². The summed E-state index contributed by atoms with van der Waals surface area (Å²) < 4.78 is 6.92. The maximum atomic E-state index is 11.1. The van der Waals surface area contributed by atoms with E-state index in [1.807, 2.05) is 6.07 Å². The number of para-hydroxylation sites is 1. The fraction of sp³-hybridized carbons (Fsp3) is 0.250. The minimum absolute atomic E-state index is 0.337. The van der Waals surface area contributed by atoms with E-state index >= 15 is 0 Å². The second kappa shape index (κ2) is 9.23. The predicted octanol–water partition coefficient (Wildman–Crippen LogP) is 2.82. The van der Waals surface area contributed by atoms with Gasteiger partial charge < -0.3 is 4.74 Å². The third-order valence-corrected chi connectivity index (χ3v) is 1.59. The zero-order chi connectivity index (χ0) is 12.4. The fourth-order valence-electron chi connectivity index (χ4n) is 0.995. The van der Waals surface area contributed by atoms with Gasteiger partial charge in [0.15, 0.2) is 0 Å². The molecule has 0 aliphatic carbocycles. The van der Waals surface area contributed by atoms with Gasteiger partial charge >= 0.3 is 36.6 Å². The van der Waals surface area contributed by atoms with Gasteiger partial charge in [0.2, 0.25) is 0 Å². The van der Waals surface area contributed by atoms with Crippen LogP contribution in [0, 0.1) is 12.3 Å². The van der Waals surface area contributed by atoms with Crippen molar-refractivity contribution in [1.82, 2.24) is 0 Å². The Labute approximate surface area is 113 Å². The van der Waals surface area contributed by atoms with Crippen LogP contribution in [0.3, 0.4) is 0 Å². The van der Waals surface area contributed by atoms with Crippen LogP contribution in [-0.4, -0.2) is 12.7 Å². The van der Waals surface area contributed by atoms with Gasteiger partial charge in [0.25, 0.3) is 0 Å². The van der Waals surface area contributed by atoms with Crippen molar-refractivity contribution in [2.75, 3.05) is 11.9 Å². The van der Waals surface area contributed by atoms with Crippen LogP contribution in [0.15, 0.2) is 24.3 Å². The number of anilines is 1. The second-order valence-corrected chi connectivity index (χ2v) is 2.54. The number of amides is 1. The van der Waals surface area contributed by atoms with Crippen LogP contribution in [-0.2, 0) is 30.9 Å². The van der Waals surface area contributed by atoms with E-state index in [1.165, 1.54) is 0 Å². The van der Waals surface area contributed by atoms with Crippen molar-refractivity contribution in [1.29, 1.82) is 0 Å². The topological polar surface area (TPSA) is 38.3 Å². The molecule has 0 spiro atoms. The van der Waals surface area contributed by atoms with Crippen LogP contribution < -0.4 is 5.32 Å². The first kappa shape index (κ1) is 15.0. The van der Waals surface area contributed by atoms with Gasteiger partial charge in [0, 0.05) is 5.56 Å². The molecule has 0 heterocycles. The van der Waals surface area contributed by atoms with Gasteiger partial charge in [-0.1, -0.05) is 18.1 Å². The van der Waals surface area contributed by atoms with Gasteiger partial charge in [-0.05, 0) is 19.1 Å². The summed E-state index contributed by atoms with van der Waals surface area (Å²) in [5, 5.41) is 2.56. The molecule has 4 heteroatoms. The first-order chi connectivity index (χ1) is 7.77. The van der Waals surface area contributed by atoms with E-state index in [0.717, 1.165) is 26.1 Å². The van der Waals surface area contributed by atoms with Crippen LogP contribution in [0.5, 0.6) is 0 Å². The van der Waals surface area contributed by atoms with Gasteiger partial charge in [-0.25, -0.2) is 4.79 Å². The minimum atomic E-state index is -0.491. The summed E-state index contributed by atoms with van der Waals surface area (Å²) in [4.78, 5) is 11.1. The Balaban J connectivity index is 0.00000106. The van der Waals surface area contributed by atoms with Gasteiger partial charge in [-0.3, -0.25) is 5.32 Å². The van der Waals surface area contributed by atoms with Crippen LogP contribution in [0.4, 0.5) is 10.5 Å². The van der Waals surface area contributed by atoms with Crippen molar-refractivity contribution in [3.05, 3.63) is 29.8 Å². The Morgan fingerprint density at radius 3 is 2.69 bits per heavy atom. The normalized spacial score (nSPS) is 8.19. The molecule has 0 fully saturated rings. The third-order valence-electron chi connectivity index (χ3n) is 1.59. The number of nitrogens with one attached hydrogen (secondary N) is 1. The molecule has 1 rings (SSSR count). The molecule has 0 saturated heterocycles. The van der Waals surface area contributed by atoms with Gasteiger partial charge in [0.1, 0.15) is 0 Å². The van der Waals surface area contributed by atoms with E-state index in [4.69, 9.17) is 11.2 Å². The molecule has 0 bridgehead atoms. The molecule has 0 atom stereocenters. The average Bonchev–Trinajstić information content (AvgIpc) is 2.32. The van der Waals surface area contributed by atoms with Crippen molar-refractivity contribution >= 4 is 11.8 Å². The Morgan fingerprint density at radius 2 is 2.12 bits per heavy atom. The molecule has 81 valence electrons. The van der Waals surface area contributed by atoms with Gasteiger partial charge in [-0.2, -0.15) is 0 Å². The summed E-state index contributed by atoms with van der Waals surface area (Å²) >= 11 is 1.03. The zero-order valence-electron chi connectivity index (χ0n) is 9.62. The Bertz CT molecular complexity index is 372. The molecule has 0 aromatic heterocycles. The molecule has 0 aliphatic heterocycles. The summed E-state index contributed by atoms with van der Waals surface area (Å²) in [6, 6.07) is 7.08. The van der Waals surface area contributed by atoms with Crippen molar-refractivity contribution < 1.29 is 35.7 Å². The van der Waals surface area contributed by atoms with E-state index in [-0.39, 0.29) is 0 Å². The number of benzene rings is 1. The van der Waals surface area contributed by atoms with Crippen LogP contribution >= 0.6 is 0 Å². The summed E-state index contributed by atoms with van der Waals surface area (Å²) in [6.07, 6.45) is 4.77. The molecule has 16 heavy (non-hydrogen) atoms. The molecule has 0 unspecified atom stereocenters. The Hall–Kier alpha value is -1.01. The average molecular weight is 405 g/mol. The van der Waals surface area contributed by atoms with Crippen LogP contribution in [0.1, 0.15) is 12.5 Å². The number of hydrogen-bond acceptors (Lipinski definition) is 2. The van der Waals surface area contributed by atoms with Crippen LogP contribution in [0.2, 0.25) is 4.43 Å². The molecule has 1 N–H and O–H groups in total. The van der Waals surface area contributed by atoms with E-state index in [1.54, 1.807) is 25.1 Å². The number of ether oxygens (including phenoxy) is 1. The van der Waals surface area contributed by atoms with E-state index in [2.05, 4.69) is 15.7 Å². The number of carbonyl (C=O) groups is 1. The molecule has 1 aromatic rings. The molecule has 0 saturated carbocycles. The molecular weight excluding hydrogens is 391 g/mol. The number of hydrogen-bond donors (Lipinski definition) is 1. The standard InChI is InChI=1S/C11H11NO2.CH3.Hg/c1-3-9-7-5-6-8-10(9)12-11(13)14-4-2;;/h1,5-8H,4H2,2H3,(H,12,13);1H3;. The number of rotatable bonds is 2. The van der Waals surface area contributed by atoms with Crippen molar-refractivity contribution in [3.8, 4) is 12.3 Å². The van der Waals surface area contributed by atoms with Crippen molar-refractivity contribution in [3.63, 3.8) is 0 Å². The summed E-state index contributed by atoms with van der Waals surface area (Å²) in [5.74, 6) is 2.47. The quantitative estimate of drug-likeness (QED) is 0.608. The number of terminal acetylenes is 1. The van der Waals surface area contributed by atoms with E-state index in [9.17, 15) is 4.79 Å². The van der Waals surface area contributed by atoms with E-state index in [0.29, 0.717) is 17.9 Å². The Kier molecular flexibility index (Phi) is 8.64. The summed E-state index contributed by atoms with van der Waals surface area (Å²) in [5.41, 5.74) is 1.23. The summed E-state index contributed by atoms with van der Waals surface area (Å²) in [6.45, 7) is 2.08. The molecule has 1 aromatic carbocycles. The molecule has 0 radical (unpaired) electrons. The number of carbonyl (C=O) groups excluding carboxylic acids is 1. The molecular formula is C12H14HgNO2. The van der Waals surface area contributed by atoms with E-state index < -0.39 is 6.09 Å². The first-order valence-corrected chi connectivity index (χ1v) is 10.5. The maximum absolute atomic E-state index is 11.1.